The highest BCUT2D eigenvalue weighted by molar-refractivity contribution is 8.00. The Kier molecular flexibility index (Phi) is 4.24. The third-order valence-corrected chi connectivity index (χ3v) is 5.19. The first kappa shape index (κ1) is 14.1. The van der Waals surface area contributed by atoms with Gasteiger partial charge in [0.2, 0.25) is 0 Å². The summed E-state index contributed by atoms with van der Waals surface area (Å²) in [6.07, 6.45) is 5.96. The summed E-state index contributed by atoms with van der Waals surface area (Å²) in [6.45, 7) is 0.915. The Hall–Kier alpha value is -1.36. The minimum absolute atomic E-state index is 0.354. The summed E-state index contributed by atoms with van der Waals surface area (Å²) in [6, 6.07) is 5.39. The van der Waals surface area contributed by atoms with Crippen LogP contribution in [-0.4, -0.2) is 30.6 Å². The molecule has 1 aliphatic rings. The number of methoxy groups -OCH3 is 1. The van der Waals surface area contributed by atoms with Gasteiger partial charge in [-0.25, -0.2) is 4.79 Å². The summed E-state index contributed by atoms with van der Waals surface area (Å²) >= 11 is 1.92. The quantitative estimate of drug-likeness (QED) is 0.641. The zero-order valence-corrected chi connectivity index (χ0v) is 12.2. The first-order chi connectivity index (χ1) is 9.10. The van der Waals surface area contributed by atoms with Gasteiger partial charge in [0, 0.05) is 22.7 Å². The molecule has 0 atom stereocenters. The van der Waals surface area contributed by atoms with Gasteiger partial charge in [-0.3, -0.25) is 0 Å². The summed E-state index contributed by atoms with van der Waals surface area (Å²) in [4.78, 5) is 11.6. The lowest BCUT2D eigenvalue weighted by atomic mass is 9.84. The molecule has 0 amide bonds. The average Bonchev–Trinajstić information content (AvgIpc) is 2.39. The van der Waals surface area contributed by atoms with Crippen molar-refractivity contribution in [1.82, 2.24) is 0 Å². The standard InChI is InChI=1S/C14H20N2O2S/c1-18-13(17)11-8-10(4-5-12(11)15)16-9-14(19-2)6-3-7-14/h4-5,8,16H,3,6-7,9,15H2,1-2H3. The Morgan fingerprint density at radius 2 is 2.26 bits per heavy atom. The van der Waals surface area contributed by atoms with E-state index in [0.29, 0.717) is 16.0 Å². The molecular weight excluding hydrogens is 260 g/mol. The summed E-state index contributed by atoms with van der Waals surface area (Å²) in [5, 5.41) is 3.40. The van der Waals surface area contributed by atoms with Crippen LogP contribution in [-0.2, 0) is 4.74 Å². The number of nitrogens with two attached hydrogens (primary N) is 1. The highest BCUT2D eigenvalue weighted by Crippen LogP contribution is 2.42. The highest BCUT2D eigenvalue weighted by Gasteiger charge is 2.35. The van der Waals surface area contributed by atoms with Gasteiger partial charge < -0.3 is 15.8 Å². The number of benzene rings is 1. The maximum Gasteiger partial charge on any atom is 0.340 e. The summed E-state index contributed by atoms with van der Waals surface area (Å²) < 4.78 is 5.07. The number of carbonyl (C=O) groups is 1. The van der Waals surface area contributed by atoms with Crippen molar-refractivity contribution in [2.45, 2.75) is 24.0 Å². The van der Waals surface area contributed by atoms with Crippen molar-refractivity contribution in [3.05, 3.63) is 23.8 Å². The van der Waals surface area contributed by atoms with Gasteiger partial charge in [-0.1, -0.05) is 6.42 Å². The van der Waals surface area contributed by atoms with Crippen LogP contribution in [0.1, 0.15) is 29.6 Å². The number of nitrogens with one attached hydrogen (secondary N) is 1. The molecule has 0 aromatic heterocycles. The lowest BCUT2D eigenvalue weighted by Crippen LogP contribution is -2.40. The molecule has 19 heavy (non-hydrogen) atoms. The molecule has 1 aromatic carbocycles. The van der Waals surface area contributed by atoms with E-state index in [1.54, 1.807) is 12.1 Å². The van der Waals surface area contributed by atoms with Gasteiger partial charge in [0.25, 0.3) is 0 Å². The van der Waals surface area contributed by atoms with Crippen LogP contribution in [0.3, 0.4) is 0 Å². The van der Waals surface area contributed by atoms with Crippen molar-refractivity contribution >= 4 is 29.1 Å². The Labute approximate surface area is 118 Å². The van der Waals surface area contributed by atoms with Crippen LogP contribution < -0.4 is 11.1 Å². The molecule has 104 valence electrons. The van der Waals surface area contributed by atoms with Gasteiger partial charge in [0.1, 0.15) is 0 Å². The number of rotatable bonds is 5. The number of hydrogen-bond donors (Lipinski definition) is 2. The van der Waals surface area contributed by atoms with Crippen LogP contribution in [0, 0.1) is 0 Å². The zero-order valence-electron chi connectivity index (χ0n) is 11.4. The Balaban J connectivity index is 2.06. The number of carbonyl (C=O) groups excluding carboxylic acids is 1. The molecule has 0 spiro atoms. The predicted molar refractivity (Wildman–Crippen MR) is 80.8 cm³/mol. The SMILES string of the molecule is COC(=O)c1cc(NCC2(SC)CCC2)ccc1N. The molecule has 5 heteroatoms. The van der Waals surface area contributed by atoms with E-state index >= 15 is 0 Å². The van der Waals surface area contributed by atoms with E-state index in [4.69, 9.17) is 10.5 Å². The maximum atomic E-state index is 11.6. The first-order valence-electron chi connectivity index (χ1n) is 6.37. The molecule has 0 aliphatic heterocycles. The molecule has 4 nitrogen and oxygen atoms in total. The zero-order chi connectivity index (χ0) is 13.9. The van der Waals surface area contributed by atoms with Crippen molar-refractivity contribution in [3.63, 3.8) is 0 Å². The highest BCUT2D eigenvalue weighted by atomic mass is 32.2. The smallest absolute Gasteiger partial charge is 0.340 e. The number of thioether (sulfide) groups is 1. The van der Waals surface area contributed by atoms with Crippen LogP contribution in [0.15, 0.2) is 18.2 Å². The number of esters is 1. The fourth-order valence-electron chi connectivity index (χ4n) is 2.24. The van der Waals surface area contributed by atoms with E-state index in [1.165, 1.54) is 26.4 Å². The Bertz CT molecular complexity index is 467. The Morgan fingerprint density at radius 3 is 2.79 bits per heavy atom. The fraction of sp³-hybridized carbons (Fsp3) is 0.500. The third kappa shape index (κ3) is 2.97. The number of nitrogen functional groups attached to an aromatic ring is 1. The molecule has 1 saturated carbocycles. The normalized spacial score (nSPS) is 16.5. The molecular formula is C14H20N2O2S. The van der Waals surface area contributed by atoms with Crippen molar-refractivity contribution in [3.8, 4) is 0 Å². The topological polar surface area (TPSA) is 64.3 Å². The molecule has 0 radical (unpaired) electrons. The molecule has 1 aromatic rings. The van der Waals surface area contributed by atoms with Gasteiger partial charge in [-0.15, -0.1) is 0 Å². The van der Waals surface area contributed by atoms with Gasteiger partial charge >= 0.3 is 5.97 Å². The maximum absolute atomic E-state index is 11.6. The fourth-order valence-corrected chi connectivity index (χ4v) is 3.15. The van der Waals surface area contributed by atoms with Crippen LogP contribution >= 0.6 is 11.8 Å². The molecule has 2 rings (SSSR count). The second kappa shape index (κ2) is 5.74. The van der Waals surface area contributed by atoms with E-state index in [9.17, 15) is 4.79 Å². The number of ether oxygens (including phenoxy) is 1. The van der Waals surface area contributed by atoms with E-state index in [-0.39, 0.29) is 0 Å². The minimum atomic E-state index is -0.399. The van der Waals surface area contributed by atoms with Crippen LogP contribution in [0.25, 0.3) is 0 Å². The van der Waals surface area contributed by atoms with Gasteiger partial charge in [-0.05, 0) is 37.3 Å². The minimum Gasteiger partial charge on any atom is -0.465 e. The van der Waals surface area contributed by atoms with Crippen molar-refractivity contribution in [2.24, 2.45) is 0 Å². The second-order valence-corrected chi connectivity index (χ2v) is 6.16. The average molecular weight is 280 g/mol. The molecule has 1 aliphatic carbocycles. The predicted octanol–water partition coefficient (Wildman–Crippen LogP) is 2.75. The largest absolute Gasteiger partial charge is 0.465 e. The summed E-state index contributed by atoms with van der Waals surface area (Å²) in [7, 11) is 1.36. The van der Waals surface area contributed by atoms with Gasteiger partial charge in [-0.2, -0.15) is 11.8 Å². The van der Waals surface area contributed by atoms with Crippen molar-refractivity contribution in [1.29, 1.82) is 0 Å². The molecule has 0 unspecified atom stereocenters. The van der Waals surface area contributed by atoms with Crippen LogP contribution in [0.2, 0.25) is 0 Å². The first-order valence-corrected chi connectivity index (χ1v) is 7.59. The molecule has 0 heterocycles. The van der Waals surface area contributed by atoms with Gasteiger partial charge in [0.15, 0.2) is 0 Å². The number of anilines is 2. The molecule has 0 bridgehead atoms. The van der Waals surface area contributed by atoms with Gasteiger partial charge in [0.05, 0.1) is 12.7 Å². The lowest BCUT2D eigenvalue weighted by molar-refractivity contribution is 0.0602. The van der Waals surface area contributed by atoms with Crippen molar-refractivity contribution in [2.75, 3.05) is 31.0 Å². The van der Waals surface area contributed by atoms with Crippen LogP contribution in [0.4, 0.5) is 11.4 Å². The lowest BCUT2D eigenvalue weighted by Gasteiger charge is -2.40. The van der Waals surface area contributed by atoms with Crippen molar-refractivity contribution < 1.29 is 9.53 Å². The Morgan fingerprint density at radius 1 is 1.53 bits per heavy atom. The van der Waals surface area contributed by atoms with E-state index in [1.807, 2.05) is 17.8 Å². The molecule has 1 fully saturated rings. The summed E-state index contributed by atoms with van der Waals surface area (Å²) in [5.74, 6) is -0.399. The van der Waals surface area contributed by atoms with E-state index in [2.05, 4.69) is 11.6 Å². The monoisotopic (exact) mass is 280 g/mol. The second-order valence-electron chi connectivity index (χ2n) is 4.89. The van der Waals surface area contributed by atoms with E-state index < -0.39 is 5.97 Å². The summed E-state index contributed by atoms with van der Waals surface area (Å²) in [5.41, 5.74) is 7.55. The molecule has 0 saturated heterocycles. The third-order valence-electron chi connectivity index (χ3n) is 3.77. The van der Waals surface area contributed by atoms with Crippen LogP contribution in [0.5, 0.6) is 0 Å². The van der Waals surface area contributed by atoms with E-state index in [0.717, 1.165) is 12.2 Å². The number of hydrogen-bond acceptors (Lipinski definition) is 5. The molecule has 3 N–H and O–H groups in total.